The van der Waals surface area contributed by atoms with Gasteiger partial charge in [-0.1, -0.05) is 35.4 Å². The number of aliphatic hydroxyl groups is 1. The van der Waals surface area contributed by atoms with Gasteiger partial charge in [0.25, 0.3) is 5.56 Å². The average Bonchev–Trinajstić information content (AvgIpc) is 2.59. The first kappa shape index (κ1) is 17.4. The lowest BCUT2D eigenvalue weighted by molar-refractivity contribution is -0.0255. The van der Waals surface area contributed by atoms with Crippen molar-refractivity contribution >= 4 is 0 Å². The van der Waals surface area contributed by atoms with Gasteiger partial charge in [0.05, 0.1) is 19.3 Å². The van der Waals surface area contributed by atoms with Gasteiger partial charge >= 0.3 is 5.69 Å². The normalized spacial score (nSPS) is 11.7. The monoisotopic (exact) mass is 332 g/mol. The molecule has 10 nitrogen and oxygen atoms in total. The molecule has 0 fully saturated rings. The molecule has 0 amide bonds. The van der Waals surface area contributed by atoms with Crippen LogP contribution < -0.4 is 11.2 Å². The molecule has 1 heterocycles. The fraction of sp³-hybridized carbons (Fsp3) is 0.357. The molecule has 24 heavy (non-hydrogen) atoms. The zero-order valence-electron chi connectivity index (χ0n) is 12.7. The van der Waals surface area contributed by atoms with E-state index in [2.05, 4.69) is 20.1 Å². The SMILES string of the molecule is [N-]=[N+]=NCC(CO)OCn1nc(Cc2ccccc2)c(=O)[nH]c1=O. The molecular weight excluding hydrogens is 316 g/mol. The van der Waals surface area contributed by atoms with Crippen LogP contribution in [0.3, 0.4) is 0 Å². The van der Waals surface area contributed by atoms with Crippen LogP contribution in [0, 0.1) is 0 Å². The van der Waals surface area contributed by atoms with Gasteiger partial charge in [0, 0.05) is 11.3 Å². The molecule has 2 rings (SSSR count). The molecule has 0 saturated carbocycles. The predicted octanol–water partition coefficient (Wildman–Crippen LogP) is 0.168. The molecule has 1 aromatic carbocycles. The van der Waals surface area contributed by atoms with Gasteiger partial charge in [-0.05, 0) is 11.1 Å². The Bertz CT molecular complexity index is 825. The minimum Gasteiger partial charge on any atom is -0.394 e. The summed E-state index contributed by atoms with van der Waals surface area (Å²) < 4.78 is 6.21. The molecule has 2 aromatic rings. The molecule has 0 aliphatic carbocycles. The van der Waals surface area contributed by atoms with E-state index in [1.165, 1.54) is 0 Å². The quantitative estimate of drug-likeness (QED) is 0.402. The van der Waals surface area contributed by atoms with Crippen molar-refractivity contribution < 1.29 is 9.84 Å². The number of azide groups is 1. The molecule has 1 unspecified atom stereocenters. The molecule has 0 aliphatic rings. The molecule has 0 radical (unpaired) electrons. The van der Waals surface area contributed by atoms with Gasteiger partial charge in [0.2, 0.25) is 0 Å². The van der Waals surface area contributed by atoms with E-state index >= 15 is 0 Å². The number of aromatic amines is 1. The molecule has 0 aliphatic heterocycles. The van der Waals surface area contributed by atoms with Crippen LogP contribution >= 0.6 is 0 Å². The highest BCUT2D eigenvalue weighted by Crippen LogP contribution is 2.02. The number of ether oxygens (including phenoxy) is 1. The minimum atomic E-state index is -0.765. The summed E-state index contributed by atoms with van der Waals surface area (Å²) >= 11 is 0. The zero-order valence-corrected chi connectivity index (χ0v) is 12.7. The van der Waals surface area contributed by atoms with Crippen LogP contribution in [0.1, 0.15) is 11.3 Å². The van der Waals surface area contributed by atoms with E-state index in [1.54, 1.807) is 0 Å². The Balaban J connectivity index is 2.15. The third-order valence-electron chi connectivity index (χ3n) is 3.16. The van der Waals surface area contributed by atoms with Gasteiger partial charge in [-0.3, -0.25) is 9.78 Å². The highest BCUT2D eigenvalue weighted by Gasteiger charge is 2.11. The van der Waals surface area contributed by atoms with Crippen LogP contribution in [-0.4, -0.2) is 39.1 Å². The van der Waals surface area contributed by atoms with Crippen LogP contribution in [0.25, 0.3) is 10.4 Å². The number of H-pyrrole nitrogens is 1. The minimum absolute atomic E-state index is 0.0814. The van der Waals surface area contributed by atoms with Crippen molar-refractivity contribution in [2.24, 2.45) is 5.11 Å². The van der Waals surface area contributed by atoms with E-state index in [4.69, 9.17) is 15.4 Å². The Morgan fingerprint density at radius 3 is 2.79 bits per heavy atom. The second-order valence-corrected chi connectivity index (χ2v) is 4.88. The fourth-order valence-corrected chi connectivity index (χ4v) is 1.93. The van der Waals surface area contributed by atoms with Crippen LogP contribution in [0.4, 0.5) is 0 Å². The number of aromatic nitrogens is 3. The Morgan fingerprint density at radius 2 is 2.12 bits per heavy atom. The highest BCUT2D eigenvalue weighted by molar-refractivity contribution is 5.19. The summed E-state index contributed by atoms with van der Waals surface area (Å²) in [5, 5.41) is 16.4. The Kier molecular flexibility index (Phi) is 6.26. The Hall–Kier alpha value is -2.94. The number of benzene rings is 1. The molecule has 0 spiro atoms. The van der Waals surface area contributed by atoms with Crippen molar-refractivity contribution in [3.63, 3.8) is 0 Å². The van der Waals surface area contributed by atoms with E-state index in [1.807, 2.05) is 30.3 Å². The van der Waals surface area contributed by atoms with Gasteiger partial charge in [0.15, 0.2) is 0 Å². The second-order valence-electron chi connectivity index (χ2n) is 4.88. The first-order valence-corrected chi connectivity index (χ1v) is 7.11. The maximum atomic E-state index is 11.9. The molecule has 2 N–H and O–H groups in total. The van der Waals surface area contributed by atoms with E-state index in [0.717, 1.165) is 10.2 Å². The van der Waals surface area contributed by atoms with E-state index in [-0.39, 0.29) is 32.0 Å². The Labute approximate surface area is 136 Å². The summed E-state index contributed by atoms with van der Waals surface area (Å²) in [6, 6.07) is 9.21. The molecular formula is C14H16N6O4. The summed E-state index contributed by atoms with van der Waals surface area (Å²) in [6.45, 7) is -0.750. The number of hydrogen-bond donors (Lipinski definition) is 2. The van der Waals surface area contributed by atoms with Gasteiger partial charge in [-0.2, -0.15) is 9.78 Å². The fourth-order valence-electron chi connectivity index (χ4n) is 1.93. The summed E-state index contributed by atoms with van der Waals surface area (Å²) in [5.41, 5.74) is 8.01. The first-order chi connectivity index (χ1) is 11.6. The molecule has 1 atom stereocenters. The van der Waals surface area contributed by atoms with E-state index < -0.39 is 17.4 Å². The summed E-state index contributed by atoms with van der Waals surface area (Å²) in [6.07, 6.45) is -0.502. The lowest BCUT2D eigenvalue weighted by Crippen LogP contribution is -2.37. The molecule has 126 valence electrons. The van der Waals surface area contributed by atoms with Gasteiger partial charge in [0.1, 0.15) is 12.4 Å². The average molecular weight is 332 g/mol. The topological polar surface area (TPSA) is 146 Å². The zero-order chi connectivity index (χ0) is 17.4. The van der Waals surface area contributed by atoms with Crippen molar-refractivity contribution in [1.29, 1.82) is 0 Å². The largest absolute Gasteiger partial charge is 0.394 e. The molecule has 0 saturated heterocycles. The van der Waals surface area contributed by atoms with Crippen molar-refractivity contribution in [1.82, 2.24) is 14.8 Å². The third kappa shape index (κ3) is 4.78. The van der Waals surface area contributed by atoms with Gasteiger partial charge in [-0.25, -0.2) is 4.79 Å². The smallest absolute Gasteiger partial charge is 0.346 e. The van der Waals surface area contributed by atoms with Crippen molar-refractivity contribution in [2.45, 2.75) is 19.3 Å². The van der Waals surface area contributed by atoms with Crippen molar-refractivity contribution in [2.75, 3.05) is 13.2 Å². The number of nitrogens with zero attached hydrogens (tertiary/aromatic N) is 5. The summed E-state index contributed by atoms with van der Waals surface area (Å²) in [7, 11) is 0. The van der Waals surface area contributed by atoms with Crippen molar-refractivity contribution in [3.8, 4) is 0 Å². The standard InChI is InChI=1S/C14H16N6O4/c15-19-16-7-11(8-21)24-9-20-14(23)17-13(22)12(18-20)6-10-4-2-1-3-5-10/h1-5,11,21H,6-9H2,(H,17,22,23). The maximum absolute atomic E-state index is 11.9. The van der Waals surface area contributed by atoms with Crippen LogP contribution in [0.5, 0.6) is 0 Å². The van der Waals surface area contributed by atoms with Crippen LogP contribution in [0.15, 0.2) is 45.0 Å². The lowest BCUT2D eigenvalue weighted by Gasteiger charge is -2.13. The van der Waals surface area contributed by atoms with Crippen LogP contribution in [-0.2, 0) is 17.9 Å². The maximum Gasteiger partial charge on any atom is 0.346 e. The predicted molar refractivity (Wildman–Crippen MR) is 84.3 cm³/mol. The number of nitrogens with one attached hydrogen (secondary N) is 1. The van der Waals surface area contributed by atoms with Gasteiger partial charge in [-0.15, -0.1) is 0 Å². The number of aliphatic hydroxyl groups excluding tert-OH is 1. The first-order valence-electron chi connectivity index (χ1n) is 7.11. The third-order valence-corrected chi connectivity index (χ3v) is 3.16. The molecule has 0 bridgehead atoms. The number of hydrogen-bond acceptors (Lipinski definition) is 6. The van der Waals surface area contributed by atoms with E-state index in [9.17, 15) is 9.59 Å². The van der Waals surface area contributed by atoms with E-state index in [0.29, 0.717) is 0 Å². The second kappa shape index (κ2) is 8.63. The lowest BCUT2D eigenvalue weighted by atomic mass is 10.1. The van der Waals surface area contributed by atoms with Crippen molar-refractivity contribution in [3.05, 3.63) is 72.9 Å². The molecule has 1 aromatic heterocycles. The summed E-state index contributed by atoms with van der Waals surface area (Å²) in [5.74, 6) is 0. The van der Waals surface area contributed by atoms with Gasteiger partial charge < -0.3 is 9.84 Å². The highest BCUT2D eigenvalue weighted by atomic mass is 16.5. The number of rotatable bonds is 8. The molecule has 10 heteroatoms. The van der Waals surface area contributed by atoms with Crippen LogP contribution in [0.2, 0.25) is 0 Å². The Morgan fingerprint density at radius 1 is 1.38 bits per heavy atom. The summed E-state index contributed by atoms with van der Waals surface area (Å²) in [4.78, 5) is 28.4.